The highest BCUT2D eigenvalue weighted by Crippen LogP contribution is 2.32. The van der Waals surface area contributed by atoms with E-state index in [2.05, 4.69) is 11.4 Å². The van der Waals surface area contributed by atoms with Crippen LogP contribution < -0.4 is 10.1 Å². The monoisotopic (exact) mass is 251 g/mol. The molecule has 0 spiro atoms. The Morgan fingerprint density at radius 3 is 3.17 bits per heavy atom. The number of para-hydroxylation sites is 1. The van der Waals surface area contributed by atoms with Gasteiger partial charge >= 0.3 is 0 Å². The van der Waals surface area contributed by atoms with Crippen LogP contribution >= 0.6 is 0 Å². The molecular weight excluding hydrogens is 230 g/mol. The lowest BCUT2D eigenvalue weighted by molar-refractivity contribution is 0.0642. The molecule has 2 N–H and O–H groups in total. The summed E-state index contributed by atoms with van der Waals surface area (Å²) >= 11 is 0. The SMILES string of the molecule is COCC(O)CNCC1CCOc2ccccc21. The van der Waals surface area contributed by atoms with E-state index >= 15 is 0 Å². The van der Waals surface area contributed by atoms with E-state index in [9.17, 15) is 5.11 Å². The fourth-order valence-electron chi connectivity index (χ4n) is 2.30. The highest BCUT2D eigenvalue weighted by atomic mass is 16.5. The van der Waals surface area contributed by atoms with Gasteiger partial charge in [-0.05, 0) is 18.1 Å². The Kier molecular flexibility index (Phi) is 4.99. The molecule has 0 radical (unpaired) electrons. The van der Waals surface area contributed by atoms with Gasteiger partial charge in [0, 0.05) is 26.1 Å². The molecule has 0 saturated heterocycles. The first-order valence-electron chi connectivity index (χ1n) is 6.40. The molecule has 0 saturated carbocycles. The van der Waals surface area contributed by atoms with Crippen LogP contribution in [0.15, 0.2) is 24.3 Å². The Hall–Kier alpha value is -1.10. The fraction of sp³-hybridized carbons (Fsp3) is 0.571. The molecule has 100 valence electrons. The van der Waals surface area contributed by atoms with Gasteiger partial charge in [-0.2, -0.15) is 0 Å². The van der Waals surface area contributed by atoms with Crippen molar-refractivity contribution in [3.05, 3.63) is 29.8 Å². The van der Waals surface area contributed by atoms with Crippen LogP contribution in [0.5, 0.6) is 5.75 Å². The maximum absolute atomic E-state index is 9.56. The van der Waals surface area contributed by atoms with Gasteiger partial charge in [-0.3, -0.25) is 0 Å². The first-order valence-corrected chi connectivity index (χ1v) is 6.40. The van der Waals surface area contributed by atoms with Gasteiger partial charge in [-0.15, -0.1) is 0 Å². The van der Waals surface area contributed by atoms with Gasteiger partial charge < -0.3 is 19.9 Å². The molecule has 1 aromatic rings. The fourth-order valence-corrected chi connectivity index (χ4v) is 2.30. The Labute approximate surface area is 108 Å². The quantitative estimate of drug-likeness (QED) is 0.796. The molecule has 1 heterocycles. The van der Waals surface area contributed by atoms with Crippen molar-refractivity contribution >= 4 is 0 Å². The van der Waals surface area contributed by atoms with Crippen molar-refractivity contribution in [3.63, 3.8) is 0 Å². The average Bonchev–Trinajstić information content (AvgIpc) is 2.39. The predicted molar refractivity (Wildman–Crippen MR) is 70.0 cm³/mol. The van der Waals surface area contributed by atoms with Crippen molar-refractivity contribution in [1.29, 1.82) is 0 Å². The number of hydrogen-bond donors (Lipinski definition) is 2. The number of aliphatic hydroxyl groups excluding tert-OH is 1. The lowest BCUT2D eigenvalue weighted by Gasteiger charge is -2.26. The van der Waals surface area contributed by atoms with Gasteiger partial charge in [0.2, 0.25) is 0 Å². The average molecular weight is 251 g/mol. The van der Waals surface area contributed by atoms with E-state index in [1.54, 1.807) is 7.11 Å². The third-order valence-corrected chi connectivity index (χ3v) is 3.21. The van der Waals surface area contributed by atoms with Crippen LogP contribution in [0.4, 0.5) is 0 Å². The molecular formula is C14H21NO3. The summed E-state index contributed by atoms with van der Waals surface area (Å²) in [6.07, 6.45) is 0.579. The smallest absolute Gasteiger partial charge is 0.122 e. The highest BCUT2D eigenvalue weighted by Gasteiger charge is 2.20. The summed E-state index contributed by atoms with van der Waals surface area (Å²) in [5, 5.41) is 12.9. The molecule has 18 heavy (non-hydrogen) atoms. The number of hydrogen-bond acceptors (Lipinski definition) is 4. The molecule has 0 fully saturated rings. The standard InChI is InChI=1S/C14H21NO3/c1-17-10-12(16)9-15-8-11-6-7-18-14-5-3-2-4-13(11)14/h2-5,11-12,15-16H,6-10H2,1H3. The van der Waals surface area contributed by atoms with Gasteiger partial charge in [0.25, 0.3) is 0 Å². The largest absolute Gasteiger partial charge is 0.493 e. The highest BCUT2D eigenvalue weighted by molar-refractivity contribution is 5.37. The van der Waals surface area contributed by atoms with Crippen molar-refractivity contribution in [2.75, 3.05) is 33.4 Å². The third-order valence-electron chi connectivity index (χ3n) is 3.21. The zero-order chi connectivity index (χ0) is 12.8. The molecule has 0 aliphatic carbocycles. The zero-order valence-electron chi connectivity index (χ0n) is 10.8. The van der Waals surface area contributed by atoms with E-state index in [0.717, 1.165) is 25.3 Å². The Bertz CT molecular complexity index is 370. The second-order valence-corrected chi connectivity index (χ2v) is 4.64. The number of aliphatic hydroxyl groups is 1. The lowest BCUT2D eigenvalue weighted by atomic mass is 9.93. The molecule has 1 aliphatic heterocycles. The molecule has 2 atom stereocenters. The molecule has 1 aromatic carbocycles. The topological polar surface area (TPSA) is 50.7 Å². The molecule has 2 unspecified atom stereocenters. The number of methoxy groups -OCH3 is 1. The van der Waals surface area contributed by atoms with Gasteiger partial charge in [0.1, 0.15) is 5.75 Å². The van der Waals surface area contributed by atoms with E-state index in [-0.39, 0.29) is 0 Å². The summed E-state index contributed by atoms with van der Waals surface area (Å²) in [6.45, 7) is 2.57. The lowest BCUT2D eigenvalue weighted by Crippen LogP contribution is -2.34. The summed E-state index contributed by atoms with van der Waals surface area (Å²) < 4.78 is 10.5. The van der Waals surface area contributed by atoms with Gasteiger partial charge in [-0.1, -0.05) is 18.2 Å². The normalized spacial score (nSPS) is 20.0. The Balaban J connectivity index is 1.84. The molecule has 0 bridgehead atoms. The zero-order valence-corrected chi connectivity index (χ0v) is 10.8. The van der Waals surface area contributed by atoms with Crippen LogP contribution in [0.1, 0.15) is 17.9 Å². The minimum absolute atomic E-state index is 0.372. The minimum atomic E-state index is -0.440. The van der Waals surface area contributed by atoms with Crippen LogP contribution in [-0.2, 0) is 4.74 Å². The third kappa shape index (κ3) is 3.45. The minimum Gasteiger partial charge on any atom is -0.493 e. The first-order chi connectivity index (χ1) is 8.81. The second kappa shape index (κ2) is 6.73. The number of benzene rings is 1. The molecule has 1 aliphatic rings. The molecule has 2 rings (SSSR count). The van der Waals surface area contributed by atoms with Gasteiger partial charge in [0.15, 0.2) is 0 Å². The maximum atomic E-state index is 9.56. The Morgan fingerprint density at radius 2 is 2.33 bits per heavy atom. The number of nitrogens with one attached hydrogen (secondary N) is 1. The van der Waals surface area contributed by atoms with E-state index in [1.807, 2.05) is 18.2 Å². The molecule has 0 aromatic heterocycles. The predicted octanol–water partition coefficient (Wildman–Crippen LogP) is 1.15. The van der Waals surface area contributed by atoms with E-state index in [4.69, 9.17) is 9.47 Å². The summed E-state index contributed by atoms with van der Waals surface area (Å²) in [5.41, 5.74) is 1.26. The van der Waals surface area contributed by atoms with Crippen LogP contribution in [0.3, 0.4) is 0 Å². The van der Waals surface area contributed by atoms with Crippen molar-refractivity contribution < 1.29 is 14.6 Å². The van der Waals surface area contributed by atoms with Crippen molar-refractivity contribution in [1.82, 2.24) is 5.32 Å². The van der Waals surface area contributed by atoms with Crippen LogP contribution in [0.2, 0.25) is 0 Å². The van der Waals surface area contributed by atoms with Gasteiger partial charge in [0.05, 0.1) is 19.3 Å². The summed E-state index contributed by atoms with van der Waals surface area (Å²) in [6, 6.07) is 8.17. The van der Waals surface area contributed by atoms with Crippen LogP contribution in [-0.4, -0.2) is 44.6 Å². The van der Waals surface area contributed by atoms with Gasteiger partial charge in [-0.25, -0.2) is 0 Å². The van der Waals surface area contributed by atoms with E-state index in [0.29, 0.717) is 19.1 Å². The van der Waals surface area contributed by atoms with Crippen LogP contribution in [0.25, 0.3) is 0 Å². The summed E-state index contributed by atoms with van der Waals surface area (Å²) in [4.78, 5) is 0. The van der Waals surface area contributed by atoms with Crippen molar-refractivity contribution in [3.8, 4) is 5.75 Å². The van der Waals surface area contributed by atoms with E-state index < -0.39 is 6.10 Å². The van der Waals surface area contributed by atoms with E-state index in [1.165, 1.54) is 5.56 Å². The maximum Gasteiger partial charge on any atom is 0.122 e. The van der Waals surface area contributed by atoms with Crippen molar-refractivity contribution in [2.24, 2.45) is 0 Å². The summed E-state index contributed by atoms with van der Waals surface area (Å²) in [5.74, 6) is 1.46. The number of ether oxygens (including phenoxy) is 2. The molecule has 0 amide bonds. The number of rotatable bonds is 6. The number of fused-ring (bicyclic) bond motifs is 1. The van der Waals surface area contributed by atoms with Crippen molar-refractivity contribution in [2.45, 2.75) is 18.4 Å². The van der Waals surface area contributed by atoms with Crippen LogP contribution in [0, 0.1) is 0 Å². The Morgan fingerprint density at radius 1 is 1.50 bits per heavy atom. The molecule has 4 nitrogen and oxygen atoms in total. The first kappa shape index (κ1) is 13.3. The molecule has 4 heteroatoms. The summed E-state index contributed by atoms with van der Waals surface area (Å²) in [7, 11) is 1.60. The second-order valence-electron chi connectivity index (χ2n) is 4.64.